The molecule has 0 saturated carbocycles. The third kappa shape index (κ3) is 2.10. The van der Waals surface area contributed by atoms with Crippen LogP contribution >= 0.6 is 0 Å². The lowest BCUT2D eigenvalue weighted by Gasteiger charge is -2.29. The van der Waals surface area contributed by atoms with E-state index < -0.39 is 23.9 Å². The molecule has 0 saturated heterocycles. The Labute approximate surface area is 89.9 Å². The van der Waals surface area contributed by atoms with E-state index in [0.717, 1.165) is 12.3 Å². The molecule has 3 N–H and O–H groups in total. The summed E-state index contributed by atoms with van der Waals surface area (Å²) >= 11 is 0. The van der Waals surface area contributed by atoms with Gasteiger partial charge in [-0.05, 0) is 6.07 Å². The molecule has 0 bridgehead atoms. The van der Waals surface area contributed by atoms with Gasteiger partial charge < -0.3 is 15.6 Å². The van der Waals surface area contributed by atoms with Gasteiger partial charge in [-0.15, -0.1) is 0 Å². The van der Waals surface area contributed by atoms with Crippen LogP contribution in [0.25, 0.3) is 0 Å². The summed E-state index contributed by atoms with van der Waals surface area (Å²) in [4.78, 5) is 3.59. The Morgan fingerprint density at radius 1 is 1.44 bits per heavy atom. The van der Waals surface area contributed by atoms with Crippen LogP contribution in [0.2, 0.25) is 0 Å². The first-order valence-corrected chi connectivity index (χ1v) is 4.35. The summed E-state index contributed by atoms with van der Waals surface area (Å²) in [6, 6.07) is 2.30. The molecule has 0 radical (unpaired) electrons. The van der Waals surface area contributed by atoms with Gasteiger partial charge in [0, 0.05) is 24.4 Å². The normalized spacial score (nSPS) is 15.6. The summed E-state index contributed by atoms with van der Waals surface area (Å²) < 4.78 is 42.4. The first-order valence-electron chi connectivity index (χ1n) is 4.35. The van der Waals surface area contributed by atoms with E-state index in [1.54, 1.807) is 0 Å². The van der Waals surface area contributed by atoms with Crippen LogP contribution in [-0.4, -0.2) is 29.9 Å². The van der Waals surface area contributed by atoms with Gasteiger partial charge in [0.05, 0.1) is 7.11 Å². The molecule has 0 aliphatic heterocycles. The fourth-order valence-electron chi connectivity index (χ4n) is 1.14. The van der Waals surface area contributed by atoms with Gasteiger partial charge in [0.2, 0.25) is 5.88 Å². The van der Waals surface area contributed by atoms with Gasteiger partial charge in [0.1, 0.15) is 0 Å². The standard InChI is InChI=1S/C9H11F3N2O2/c1-16-7-3-2-6(4-14-7)8(15,5-13)9(10,11)12/h2-4,15H,5,13H2,1H3. The summed E-state index contributed by atoms with van der Waals surface area (Å²) in [6.07, 6.45) is -3.96. The van der Waals surface area contributed by atoms with Crippen molar-refractivity contribution in [2.75, 3.05) is 13.7 Å². The molecular weight excluding hydrogens is 225 g/mol. The zero-order valence-corrected chi connectivity index (χ0v) is 8.45. The fraction of sp³-hybridized carbons (Fsp3) is 0.444. The van der Waals surface area contributed by atoms with Gasteiger partial charge in [0.25, 0.3) is 0 Å². The summed E-state index contributed by atoms with van der Waals surface area (Å²) in [5, 5.41) is 9.46. The molecule has 1 heterocycles. The molecule has 7 heteroatoms. The second-order valence-corrected chi connectivity index (χ2v) is 3.15. The minimum atomic E-state index is -4.85. The first-order chi connectivity index (χ1) is 7.35. The Hall–Kier alpha value is -1.34. The molecule has 1 unspecified atom stereocenters. The third-order valence-electron chi connectivity index (χ3n) is 2.19. The number of nitrogens with zero attached hydrogens (tertiary/aromatic N) is 1. The number of pyridine rings is 1. The molecule has 1 atom stereocenters. The summed E-state index contributed by atoms with van der Waals surface area (Å²) in [6.45, 7) is -0.968. The van der Waals surface area contributed by atoms with E-state index >= 15 is 0 Å². The van der Waals surface area contributed by atoms with Gasteiger partial charge >= 0.3 is 6.18 Å². The molecule has 0 spiro atoms. The molecule has 0 aliphatic carbocycles. The molecule has 1 rings (SSSR count). The average molecular weight is 236 g/mol. The maximum Gasteiger partial charge on any atom is 0.422 e. The van der Waals surface area contributed by atoms with Crippen molar-refractivity contribution in [3.05, 3.63) is 23.9 Å². The second-order valence-electron chi connectivity index (χ2n) is 3.15. The predicted octanol–water partition coefficient (Wildman–Crippen LogP) is 0.799. The van der Waals surface area contributed by atoms with Crippen LogP contribution in [0.3, 0.4) is 0 Å². The lowest BCUT2D eigenvalue weighted by atomic mass is 9.95. The maximum absolute atomic E-state index is 12.6. The van der Waals surface area contributed by atoms with E-state index in [4.69, 9.17) is 10.5 Å². The molecular formula is C9H11F3N2O2. The van der Waals surface area contributed by atoms with Crippen molar-refractivity contribution in [2.24, 2.45) is 5.73 Å². The molecule has 0 amide bonds. The van der Waals surface area contributed by atoms with Gasteiger partial charge in [-0.1, -0.05) is 0 Å². The fourth-order valence-corrected chi connectivity index (χ4v) is 1.14. The molecule has 1 aromatic rings. The molecule has 0 fully saturated rings. The van der Waals surface area contributed by atoms with Crippen LogP contribution in [0, 0.1) is 0 Å². The van der Waals surface area contributed by atoms with Crippen molar-refractivity contribution in [1.82, 2.24) is 4.98 Å². The number of aromatic nitrogens is 1. The highest BCUT2D eigenvalue weighted by atomic mass is 19.4. The Balaban J connectivity index is 3.13. The third-order valence-corrected chi connectivity index (χ3v) is 2.19. The minimum Gasteiger partial charge on any atom is -0.481 e. The van der Waals surface area contributed by atoms with Crippen molar-refractivity contribution in [1.29, 1.82) is 0 Å². The Morgan fingerprint density at radius 2 is 2.06 bits per heavy atom. The number of rotatable bonds is 3. The smallest absolute Gasteiger partial charge is 0.422 e. The predicted molar refractivity (Wildman–Crippen MR) is 49.8 cm³/mol. The number of nitrogens with two attached hydrogens (primary N) is 1. The number of ether oxygens (including phenoxy) is 1. The molecule has 0 aromatic carbocycles. The van der Waals surface area contributed by atoms with E-state index in [0.29, 0.717) is 0 Å². The Kier molecular flexibility index (Phi) is 3.39. The highest BCUT2D eigenvalue weighted by molar-refractivity contribution is 5.25. The van der Waals surface area contributed by atoms with Crippen molar-refractivity contribution in [3.63, 3.8) is 0 Å². The monoisotopic (exact) mass is 236 g/mol. The topological polar surface area (TPSA) is 68.4 Å². The second kappa shape index (κ2) is 4.26. The van der Waals surface area contributed by atoms with E-state index in [9.17, 15) is 18.3 Å². The van der Waals surface area contributed by atoms with Crippen molar-refractivity contribution in [3.8, 4) is 5.88 Å². The average Bonchev–Trinajstić information content (AvgIpc) is 2.26. The van der Waals surface area contributed by atoms with Crippen LogP contribution in [0.5, 0.6) is 5.88 Å². The van der Waals surface area contributed by atoms with Crippen LogP contribution < -0.4 is 10.5 Å². The zero-order chi connectivity index (χ0) is 12.4. The molecule has 0 aliphatic rings. The highest BCUT2D eigenvalue weighted by Gasteiger charge is 2.54. The van der Waals surface area contributed by atoms with Gasteiger partial charge in [-0.25, -0.2) is 4.98 Å². The molecule has 4 nitrogen and oxygen atoms in total. The quantitative estimate of drug-likeness (QED) is 0.814. The Morgan fingerprint density at radius 3 is 2.38 bits per heavy atom. The van der Waals surface area contributed by atoms with Gasteiger partial charge in [-0.2, -0.15) is 13.2 Å². The van der Waals surface area contributed by atoms with Gasteiger partial charge in [0.15, 0.2) is 5.60 Å². The number of halogens is 3. The van der Waals surface area contributed by atoms with Crippen molar-refractivity contribution in [2.45, 2.75) is 11.8 Å². The SMILES string of the molecule is COc1ccc(C(O)(CN)C(F)(F)F)cn1. The lowest BCUT2D eigenvalue weighted by Crippen LogP contribution is -2.48. The zero-order valence-electron chi connectivity index (χ0n) is 8.45. The van der Waals surface area contributed by atoms with Crippen LogP contribution in [-0.2, 0) is 5.60 Å². The number of alkyl halides is 3. The number of methoxy groups -OCH3 is 1. The largest absolute Gasteiger partial charge is 0.481 e. The van der Waals surface area contributed by atoms with Crippen LogP contribution in [0.4, 0.5) is 13.2 Å². The van der Waals surface area contributed by atoms with Crippen LogP contribution in [0.1, 0.15) is 5.56 Å². The maximum atomic E-state index is 12.6. The van der Waals surface area contributed by atoms with E-state index in [1.807, 2.05) is 0 Å². The highest BCUT2D eigenvalue weighted by Crippen LogP contribution is 2.37. The number of aliphatic hydroxyl groups is 1. The van der Waals surface area contributed by atoms with Crippen molar-refractivity contribution < 1.29 is 23.0 Å². The lowest BCUT2D eigenvalue weighted by molar-refractivity contribution is -0.262. The Bertz CT molecular complexity index is 353. The number of hydrogen-bond donors (Lipinski definition) is 2. The minimum absolute atomic E-state index is 0.158. The van der Waals surface area contributed by atoms with E-state index in [2.05, 4.69) is 4.98 Å². The van der Waals surface area contributed by atoms with Gasteiger partial charge in [-0.3, -0.25) is 0 Å². The molecule has 16 heavy (non-hydrogen) atoms. The molecule has 1 aromatic heterocycles. The van der Waals surface area contributed by atoms with Crippen LogP contribution in [0.15, 0.2) is 18.3 Å². The van der Waals surface area contributed by atoms with E-state index in [-0.39, 0.29) is 5.88 Å². The molecule has 90 valence electrons. The first kappa shape index (κ1) is 12.7. The summed E-state index contributed by atoms with van der Waals surface area (Å²) in [5.74, 6) is 0.158. The summed E-state index contributed by atoms with van der Waals surface area (Å²) in [5.41, 5.74) is 1.48. The van der Waals surface area contributed by atoms with E-state index in [1.165, 1.54) is 13.2 Å². The summed E-state index contributed by atoms with van der Waals surface area (Å²) in [7, 11) is 1.33. The van der Waals surface area contributed by atoms with Crippen molar-refractivity contribution >= 4 is 0 Å². The number of hydrogen-bond acceptors (Lipinski definition) is 4.